The quantitative estimate of drug-likeness (QED) is 0.783. The molecule has 0 aliphatic heterocycles. The van der Waals surface area contributed by atoms with Crippen LogP contribution in [-0.4, -0.2) is 41.3 Å². The van der Waals surface area contributed by atoms with E-state index in [-0.39, 0.29) is 6.04 Å². The Balaban J connectivity index is 2.09. The molecule has 0 saturated heterocycles. The highest BCUT2D eigenvalue weighted by atomic mass is 16.3. The molecule has 0 spiro atoms. The van der Waals surface area contributed by atoms with Crippen LogP contribution in [0.3, 0.4) is 0 Å². The Morgan fingerprint density at radius 1 is 0.955 bits per heavy atom. The van der Waals surface area contributed by atoms with E-state index < -0.39 is 6.10 Å². The molecular formula is C19H22N2O. The molecule has 0 aliphatic carbocycles. The predicted molar refractivity (Wildman–Crippen MR) is 91.1 cm³/mol. The summed E-state index contributed by atoms with van der Waals surface area (Å²) in [4.78, 5) is 2.02. The molecule has 3 rings (SSSR count). The van der Waals surface area contributed by atoms with Crippen LogP contribution >= 0.6 is 0 Å². The van der Waals surface area contributed by atoms with Crippen LogP contribution in [0.1, 0.15) is 11.6 Å². The number of aliphatic hydroxyl groups is 1. The summed E-state index contributed by atoms with van der Waals surface area (Å²) >= 11 is 0. The second kappa shape index (κ2) is 6.34. The zero-order valence-electron chi connectivity index (χ0n) is 13.1. The van der Waals surface area contributed by atoms with Gasteiger partial charge in [0.1, 0.15) is 0 Å². The van der Waals surface area contributed by atoms with Crippen molar-refractivity contribution in [2.24, 2.45) is 0 Å². The predicted octanol–water partition coefficient (Wildman–Crippen LogP) is 3.15. The fourth-order valence-electron chi connectivity index (χ4n) is 3.04. The van der Waals surface area contributed by atoms with Crippen molar-refractivity contribution >= 4 is 10.9 Å². The zero-order valence-corrected chi connectivity index (χ0v) is 13.1. The van der Waals surface area contributed by atoms with E-state index in [4.69, 9.17) is 0 Å². The number of likely N-dealkylation sites (N-methyl/N-ethyl adjacent to an activating group) is 1. The number of hydrogen-bond acceptors (Lipinski definition) is 2. The zero-order chi connectivity index (χ0) is 15.5. The average molecular weight is 294 g/mol. The molecule has 22 heavy (non-hydrogen) atoms. The summed E-state index contributed by atoms with van der Waals surface area (Å²) in [5.74, 6) is 0. The normalized spacial score (nSPS) is 14.4. The molecule has 1 aromatic heterocycles. The van der Waals surface area contributed by atoms with Gasteiger partial charge < -0.3 is 14.6 Å². The second-order valence-corrected chi connectivity index (χ2v) is 5.97. The maximum Gasteiger partial charge on any atom is 0.0915 e. The van der Waals surface area contributed by atoms with Gasteiger partial charge in [-0.2, -0.15) is 0 Å². The van der Waals surface area contributed by atoms with Crippen molar-refractivity contribution in [1.29, 1.82) is 0 Å². The molecule has 2 aromatic carbocycles. The number of para-hydroxylation sites is 1. The second-order valence-electron chi connectivity index (χ2n) is 5.97. The van der Waals surface area contributed by atoms with E-state index in [1.165, 1.54) is 5.39 Å². The standard InChI is InChI=1S/C19H22N2O/c1-20(2)14-18(22)19(16-9-4-3-5-10-16)21-13-12-15-8-6-7-11-17(15)21/h3-13,18-19,22H,14H2,1-2H3/t18-,19-/m0/s1. The van der Waals surface area contributed by atoms with E-state index in [0.29, 0.717) is 6.54 Å². The lowest BCUT2D eigenvalue weighted by Gasteiger charge is -2.28. The maximum atomic E-state index is 10.8. The highest BCUT2D eigenvalue weighted by Gasteiger charge is 2.24. The van der Waals surface area contributed by atoms with Gasteiger partial charge in [-0.15, -0.1) is 0 Å². The number of hydrogen-bond donors (Lipinski definition) is 1. The first-order valence-electron chi connectivity index (χ1n) is 7.60. The lowest BCUT2D eigenvalue weighted by Crippen LogP contribution is -2.34. The van der Waals surface area contributed by atoms with Gasteiger partial charge in [0.2, 0.25) is 0 Å². The fraction of sp³-hybridized carbons (Fsp3) is 0.263. The Morgan fingerprint density at radius 2 is 1.64 bits per heavy atom. The molecule has 1 N–H and O–H groups in total. The Morgan fingerprint density at radius 3 is 2.36 bits per heavy atom. The van der Waals surface area contributed by atoms with Gasteiger partial charge in [-0.3, -0.25) is 0 Å². The van der Waals surface area contributed by atoms with Crippen LogP contribution in [0.2, 0.25) is 0 Å². The summed E-state index contributed by atoms with van der Waals surface area (Å²) in [5.41, 5.74) is 2.27. The topological polar surface area (TPSA) is 28.4 Å². The lowest BCUT2D eigenvalue weighted by atomic mass is 10.0. The summed E-state index contributed by atoms with van der Waals surface area (Å²) in [7, 11) is 3.97. The first kappa shape index (κ1) is 14.8. The van der Waals surface area contributed by atoms with Crippen LogP contribution in [-0.2, 0) is 0 Å². The third kappa shape index (κ3) is 2.91. The smallest absolute Gasteiger partial charge is 0.0915 e. The molecular weight excluding hydrogens is 272 g/mol. The maximum absolute atomic E-state index is 10.8. The number of aromatic nitrogens is 1. The SMILES string of the molecule is CN(C)C[C@H](O)[C@H](c1ccccc1)n1ccc2ccccc21. The Labute approximate surface area is 131 Å². The van der Waals surface area contributed by atoms with Gasteiger partial charge in [-0.25, -0.2) is 0 Å². The van der Waals surface area contributed by atoms with E-state index in [2.05, 4.69) is 41.1 Å². The van der Waals surface area contributed by atoms with Crippen LogP contribution in [0.5, 0.6) is 0 Å². The van der Waals surface area contributed by atoms with Gasteiger partial charge in [0.25, 0.3) is 0 Å². The summed E-state index contributed by atoms with van der Waals surface area (Å²) in [6.45, 7) is 0.617. The van der Waals surface area contributed by atoms with Gasteiger partial charge in [0, 0.05) is 18.3 Å². The number of nitrogens with zero attached hydrogens (tertiary/aromatic N) is 2. The highest BCUT2D eigenvalue weighted by molar-refractivity contribution is 5.80. The summed E-state index contributed by atoms with van der Waals surface area (Å²) in [6.07, 6.45) is 1.59. The van der Waals surface area contributed by atoms with Gasteiger partial charge in [-0.1, -0.05) is 48.5 Å². The fourth-order valence-corrected chi connectivity index (χ4v) is 3.04. The van der Waals surface area contributed by atoms with Gasteiger partial charge in [0.15, 0.2) is 0 Å². The highest BCUT2D eigenvalue weighted by Crippen LogP contribution is 2.28. The number of benzene rings is 2. The molecule has 2 atom stereocenters. The lowest BCUT2D eigenvalue weighted by molar-refractivity contribution is 0.101. The van der Waals surface area contributed by atoms with Crippen molar-refractivity contribution < 1.29 is 5.11 Å². The minimum atomic E-state index is -0.479. The number of fused-ring (bicyclic) bond motifs is 1. The van der Waals surface area contributed by atoms with E-state index in [9.17, 15) is 5.11 Å². The molecule has 0 fully saturated rings. The Hall–Kier alpha value is -2.10. The van der Waals surface area contributed by atoms with E-state index in [1.54, 1.807) is 0 Å². The van der Waals surface area contributed by atoms with Crippen LogP contribution in [0, 0.1) is 0 Å². The summed E-state index contributed by atoms with van der Waals surface area (Å²) in [5, 5.41) is 12.0. The molecule has 1 heterocycles. The van der Waals surface area contributed by atoms with Crippen molar-refractivity contribution in [1.82, 2.24) is 9.47 Å². The van der Waals surface area contributed by atoms with Crippen molar-refractivity contribution in [2.45, 2.75) is 12.1 Å². The van der Waals surface area contributed by atoms with Crippen LogP contribution in [0.25, 0.3) is 10.9 Å². The third-order valence-electron chi connectivity index (χ3n) is 3.99. The molecule has 0 amide bonds. The minimum absolute atomic E-state index is 0.0940. The average Bonchev–Trinajstić information content (AvgIpc) is 2.92. The van der Waals surface area contributed by atoms with Crippen LogP contribution in [0.4, 0.5) is 0 Å². The van der Waals surface area contributed by atoms with Crippen molar-refractivity contribution in [3.63, 3.8) is 0 Å². The Kier molecular flexibility index (Phi) is 4.27. The number of rotatable bonds is 5. The van der Waals surface area contributed by atoms with Crippen LogP contribution < -0.4 is 0 Å². The number of aliphatic hydroxyl groups excluding tert-OH is 1. The van der Waals surface area contributed by atoms with E-state index in [0.717, 1.165) is 11.1 Å². The summed E-state index contributed by atoms with van der Waals surface area (Å²) in [6, 6.07) is 20.5. The van der Waals surface area contributed by atoms with Crippen molar-refractivity contribution in [2.75, 3.05) is 20.6 Å². The molecule has 3 aromatic rings. The Bertz CT molecular complexity index is 733. The molecule has 0 saturated carbocycles. The molecule has 0 radical (unpaired) electrons. The molecule has 0 aliphatic rings. The van der Waals surface area contributed by atoms with Gasteiger partial charge in [0.05, 0.1) is 12.1 Å². The molecule has 0 bridgehead atoms. The summed E-state index contributed by atoms with van der Waals surface area (Å²) < 4.78 is 2.18. The monoisotopic (exact) mass is 294 g/mol. The van der Waals surface area contributed by atoms with E-state index in [1.807, 2.05) is 49.3 Å². The van der Waals surface area contributed by atoms with Crippen molar-refractivity contribution in [3.05, 3.63) is 72.4 Å². The van der Waals surface area contributed by atoms with Gasteiger partial charge in [-0.05, 0) is 37.2 Å². The van der Waals surface area contributed by atoms with Crippen LogP contribution in [0.15, 0.2) is 66.9 Å². The molecule has 114 valence electrons. The molecule has 3 nitrogen and oxygen atoms in total. The molecule has 3 heteroatoms. The third-order valence-corrected chi connectivity index (χ3v) is 3.99. The largest absolute Gasteiger partial charge is 0.389 e. The molecule has 0 unspecified atom stereocenters. The first-order valence-corrected chi connectivity index (χ1v) is 7.60. The van der Waals surface area contributed by atoms with Gasteiger partial charge >= 0.3 is 0 Å². The minimum Gasteiger partial charge on any atom is -0.389 e. The van der Waals surface area contributed by atoms with Crippen molar-refractivity contribution in [3.8, 4) is 0 Å². The van der Waals surface area contributed by atoms with E-state index >= 15 is 0 Å². The first-order chi connectivity index (χ1) is 10.7.